The van der Waals surface area contributed by atoms with Gasteiger partial charge in [0.05, 0.1) is 0 Å². The molecule has 0 aliphatic carbocycles. The molecule has 0 spiro atoms. The highest BCUT2D eigenvalue weighted by Gasteiger charge is 2.02. The minimum Gasteiger partial charge on any atom is -0.324 e. The zero-order valence-corrected chi connectivity index (χ0v) is 9.89. The van der Waals surface area contributed by atoms with Gasteiger partial charge >= 0.3 is 0 Å². The molecule has 2 rings (SSSR count). The average molecular weight is 237 g/mol. The number of rotatable bonds is 3. The highest BCUT2D eigenvalue weighted by atomic mass is 32.2. The summed E-state index contributed by atoms with van der Waals surface area (Å²) in [5.41, 5.74) is 6.92. The van der Waals surface area contributed by atoms with E-state index in [9.17, 15) is 0 Å². The van der Waals surface area contributed by atoms with Crippen molar-refractivity contribution in [2.24, 2.45) is 5.73 Å². The quantitative estimate of drug-likeness (QED) is 0.891. The summed E-state index contributed by atoms with van der Waals surface area (Å²) in [5, 5.41) is 0. The van der Waals surface area contributed by atoms with Gasteiger partial charge in [-0.1, -0.05) is 23.9 Å². The Labute approximate surface area is 96.9 Å². The average Bonchev–Trinajstić information content (AvgIpc) is 2.71. The van der Waals surface area contributed by atoms with Crippen LogP contribution >= 0.6 is 23.3 Å². The fourth-order valence-electron chi connectivity index (χ4n) is 1.15. The number of benzene rings is 1. The van der Waals surface area contributed by atoms with Crippen LogP contribution in [0.3, 0.4) is 0 Å². The van der Waals surface area contributed by atoms with E-state index in [1.165, 1.54) is 11.5 Å². The normalized spacial score (nSPS) is 12.7. The van der Waals surface area contributed by atoms with Crippen LogP contribution in [0, 0.1) is 0 Å². The summed E-state index contributed by atoms with van der Waals surface area (Å²) < 4.78 is 4.92. The first-order chi connectivity index (χ1) is 7.25. The Morgan fingerprint density at radius 1 is 1.33 bits per heavy atom. The number of nitrogens with zero attached hydrogens (tertiary/aromatic N) is 2. The first-order valence-electron chi connectivity index (χ1n) is 4.56. The number of nitrogens with two attached hydrogens (primary N) is 1. The molecule has 1 heterocycles. The minimum atomic E-state index is 0.0885. The van der Waals surface area contributed by atoms with Gasteiger partial charge in [-0.05, 0) is 36.2 Å². The summed E-state index contributed by atoms with van der Waals surface area (Å²) in [5.74, 6) is 0. The van der Waals surface area contributed by atoms with Crippen LogP contribution in [-0.4, -0.2) is 9.36 Å². The van der Waals surface area contributed by atoms with E-state index in [1.54, 1.807) is 18.1 Å². The fourth-order valence-corrected chi connectivity index (χ4v) is 2.57. The summed E-state index contributed by atoms with van der Waals surface area (Å²) >= 11 is 3.02. The van der Waals surface area contributed by atoms with Crippen molar-refractivity contribution in [3.05, 3.63) is 36.2 Å². The number of aromatic nitrogens is 2. The molecule has 15 heavy (non-hydrogen) atoms. The summed E-state index contributed by atoms with van der Waals surface area (Å²) in [4.78, 5) is 5.28. The molecule has 0 bridgehead atoms. The van der Waals surface area contributed by atoms with Gasteiger partial charge in [0, 0.05) is 10.9 Å². The van der Waals surface area contributed by atoms with E-state index in [-0.39, 0.29) is 6.04 Å². The minimum absolute atomic E-state index is 0.0885. The van der Waals surface area contributed by atoms with Gasteiger partial charge in [-0.2, -0.15) is 4.37 Å². The lowest BCUT2D eigenvalue weighted by Crippen LogP contribution is -2.04. The third-order valence-electron chi connectivity index (χ3n) is 1.95. The van der Waals surface area contributed by atoms with Gasteiger partial charge < -0.3 is 5.73 Å². The zero-order valence-electron chi connectivity index (χ0n) is 8.25. The molecule has 0 amide bonds. The number of hydrogen-bond donors (Lipinski definition) is 1. The van der Waals surface area contributed by atoms with E-state index in [4.69, 9.17) is 5.73 Å². The van der Waals surface area contributed by atoms with E-state index < -0.39 is 0 Å². The summed E-state index contributed by atoms with van der Waals surface area (Å²) in [6.45, 7) is 1.98. The van der Waals surface area contributed by atoms with Crippen LogP contribution in [0.1, 0.15) is 18.5 Å². The summed E-state index contributed by atoms with van der Waals surface area (Å²) in [7, 11) is 0. The highest BCUT2D eigenvalue weighted by Crippen LogP contribution is 2.28. The molecule has 2 N–H and O–H groups in total. The first kappa shape index (κ1) is 10.6. The lowest BCUT2D eigenvalue weighted by atomic mass is 10.1. The van der Waals surface area contributed by atoms with E-state index in [2.05, 4.69) is 21.5 Å². The molecule has 0 aliphatic rings. The van der Waals surface area contributed by atoms with Gasteiger partial charge in [-0.25, -0.2) is 4.98 Å². The van der Waals surface area contributed by atoms with E-state index in [0.29, 0.717) is 0 Å². The van der Waals surface area contributed by atoms with Crippen molar-refractivity contribution in [2.45, 2.75) is 22.2 Å². The van der Waals surface area contributed by atoms with Crippen molar-refractivity contribution in [1.29, 1.82) is 0 Å². The third kappa shape index (κ3) is 2.77. The zero-order chi connectivity index (χ0) is 10.7. The number of hydrogen-bond acceptors (Lipinski definition) is 5. The molecule has 3 nitrogen and oxygen atoms in total. The van der Waals surface area contributed by atoms with Crippen molar-refractivity contribution >= 4 is 23.3 Å². The third-order valence-corrected chi connectivity index (χ3v) is 3.67. The molecular formula is C10H11N3S2. The van der Waals surface area contributed by atoms with Crippen LogP contribution in [0.4, 0.5) is 0 Å². The lowest BCUT2D eigenvalue weighted by Gasteiger charge is -2.05. The van der Waals surface area contributed by atoms with Crippen molar-refractivity contribution in [3.8, 4) is 0 Å². The van der Waals surface area contributed by atoms with E-state index in [0.717, 1.165) is 14.8 Å². The fraction of sp³-hybridized carbons (Fsp3) is 0.200. The maximum Gasteiger partial charge on any atom is 0.174 e. The maximum absolute atomic E-state index is 5.77. The molecule has 0 radical (unpaired) electrons. The van der Waals surface area contributed by atoms with Crippen molar-refractivity contribution in [1.82, 2.24) is 9.36 Å². The molecule has 1 atom stereocenters. The predicted octanol–water partition coefficient (Wildman–Crippen LogP) is 2.71. The first-order valence-corrected chi connectivity index (χ1v) is 6.15. The Morgan fingerprint density at radius 2 is 2.07 bits per heavy atom. The molecule has 0 aliphatic heterocycles. The Kier molecular flexibility index (Phi) is 3.35. The van der Waals surface area contributed by atoms with Crippen molar-refractivity contribution in [2.75, 3.05) is 0 Å². The molecule has 0 fully saturated rings. The van der Waals surface area contributed by atoms with Crippen LogP contribution in [0.5, 0.6) is 0 Å². The Hall–Kier alpha value is -0.910. The predicted molar refractivity (Wildman–Crippen MR) is 63.1 cm³/mol. The maximum atomic E-state index is 5.77. The molecule has 0 unspecified atom stereocenters. The van der Waals surface area contributed by atoms with Crippen LogP contribution < -0.4 is 5.73 Å². The Bertz CT molecular complexity index is 409. The van der Waals surface area contributed by atoms with Crippen LogP contribution in [0.2, 0.25) is 0 Å². The van der Waals surface area contributed by atoms with E-state index in [1.807, 2.05) is 19.1 Å². The molecule has 1 aromatic heterocycles. The monoisotopic (exact) mass is 237 g/mol. The van der Waals surface area contributed by atoms with Gasteiger partial charge in [0.2, 0.25) is 0 Å². The molecule has 78 valence electrons. The van der Waals surface area contributed by atoms with Crippen LogP contribution in [-0.2, 0) is 0 Å². The molecule has 0 saturated carbocycles. The Morgan fingerprint density at radius 3 is 2.60 bits per heavy atom. The van der Waals surface area contributed by atoms with Crippen molar-refractivity contribution < 1.29 is 0 Å². The second-order valence-electron chi connectivity index (χ2n) is 3.17. The van der Waals surface area contributed by atoms with Crippen LogP contribution in [0.25, 0.3) is 0 Å². The largest absolute Gasteiger partial charge is 0.324 e. The molecule has 0 saturated heterocycles. The molecular weight excluding hydrogens is 226 g/mol. The van der Waals surface area contributed by atoms with E-state index >= 15 is 0 Å². The molecule has 1 aromatic carbocycles. The summed E-state index contributed by atoms with van der Waals surface area (Å²) in [6, 6.07) is 8.31. The van der Waals surface area contributed by atoms with Gasteiger partial charge in [-0.15, -0.1) is 0 Å². The van der Waals surface area contributed by atoms with Gasteiger partial charge in [0.15, 0.2) is 4.34 Å². The standard InChI is InChI=1S/C10H11N3S2/c1-7(11)8-2-4-9(5-3-8)14-10-12-6-13-15-10/h2-7H,11H2,1H3/t7-/m1/s1. The molecule has 5 heteroatoms. The van der Waals surface area contributed by atoms with Gasteiger partial charge in [-0.3, -0.25) is 0 Å². The lowest BCUT2D eigenvalue weighted by molar-refractivity contribution is 0.817. The van der Waals surface area contributed by atoms with Crippen molar-refractivity contribution in [3.63, 3.8) is 0 Å². The highest BCUT2D eigenvalue weighted by molar-refractivity contribution is 8.01. The van der Waals surface area contributed by atoms with Crippen LogP contribution in [0.15, 0.2) is 39.8 Å². The Balaban J connectivity index is 2.11. The summed E-state index contributed by atoms with van der Waals surface area (Å²) in [6.07, 6.45) is 1.57. The van der Waals surface area contributed by atoms with Gasteiger partial charge in [0.25, 0.3) is 0 Å². The van der Waals surface area contributed by atoms with Gasteiger partial charge in [0.1, 0.15) is 6.33 Å². The smallest absolute Gasteiger partial charge is 0.174 e. The second-order valence-corrected chi connectivity index (χ2v) is 5.27. The SMILES string of the molecule is C[C@@H](N)c1ccc(Sc2ncns2)cc1. The topological polar surface area (TPSA) is 51.8 Å². The molecule has 2 aromatic rings. The second kappa shape index (κ2) is 4.74.